The van der Waals surface area contributed by atoms with Crippen LogP contribution in [0.15, 0.2) is 54.0 Å². The van der Waals surface area contributed by atoms with Gasteiger partial charge < -0.3 is 22.5 Å². The molecule has 0 aliphatic carbocycles. The quantitative estimate of drug-likeness (QED) is 0.123. The first-order valence-electron chi connectivity index (χ1n) is 14.9. The van der Waals surface area contributed by atoms with E-state index >= 15 is 0 Å². The number of nitrogens with zero attached hydrogens (tertiary/aromatic N) is 1. The van der Waals surface area contributed by atoms with Crippen molar-refractivity contribution in [1.82, 2.24) is 0 Å². The largest absolute Gasteiger partial charge is 1.00 e. The molecule has 0 saturated heterocycles. The third kappa shape index (κ3) is 12.2. The summed E-state index contributed by atoms with van der Waals surface area (Å²) in [4.78, 5) is 12.7. The number of thiazole rings is 1. The normalized spacial score (nSPS) is 10.8. The Morgan fingerprint density at radius 3 is 2.23 bits per heavy atom. The highest BCUT2D eigenvalue weighted by atomic mass is 35.5. The molecule has 0 unspecified atom stereocenters. The third-order valence-electron chi connectivity index (χ3n) is 7.06. The van der Waals surface area contributed by atoms with Crippen LogP contribution in [0.5, 0.6) is 5.75 Å². The third-order valence-corrected chi connectivity index (χ3v) is 8.36. The summed E-state index contributed by atoms with van der Waals surface area (Å²) in [6.07, 6.45) is 18.2. The van der Waals surface area contributed by atoms with Crippen molar-refractivity contribution in [2.24, 2.45) is 0 Å². The minimum absolute atomic E-state index is 0. The second kappa shape index (κ2) is 19.9. The summed E-state index contributed by atoms with van der Waals surface area (Å²) in [5.41, 5.74) is 2.68. The van der Waals surface area contributed by atoms with Crippen LogP contribution in [0.1, 0.15) is 96.5 Å². The maximum atomic E-state index is 12.7. The predicted octanol–water partition coefficient (Wildman–Crippen LogP) is 6.64. The molecule has 0 bridgehead atoms. The predicted molar refractivity (Wildman–Crippen MR) is 166 cm³/mol. The monoisotopic (exact) mass is 604 g/mol. The highest BCUT2D eigenvalue weighted by molar-refractivity contribution is 7.12. The lowest BCUT2D eigenvalue weighted by Crippen LogP contribution is -3.00. The van der Waals surface area contributed by atoms with Gasteiger partial charge in [-0.2, -0.15) is 4.57 Å². The van der Waals surface area contributed by atoms with Crippen molar-refractivity contribution < 1.29 is 26.5 Å². The highest BCUT2D eigenvalue weighted by Gasteiger charge is 2.15. The van der Waals surface area contributed by atoms with Crippen LogP contribution < -0.4 is 27.0 Å². The molecule has 3 aromatic rings. The molecule has 7 heteroatoms. The summed E-state index contributed by atoms with van der Waals surface area (Å²) in [5.74, 6) is 0.675. The van der Waals surface area contributed by atoms with Gasteiger partial charge >= 0.3 is 0 Å². The molecule has 220 valence electrons. The van der Waals surface area contributed by atoms with E-state index in [-0.39, 0.29) is 24.7 Å². The number of aryl methyl sites for hydroxylation is 1. The fraction of sp³-hybridized carbons (Fsp3) is 0.515. The average molecular weight is 606 g/mol. The van der Waals surface area contributed by atoms with Gasteiger partial charge in [-0.25, -0.2) is 0 Å². The number of halogens is 2. The summed E-state index contributed by atoms with van der Waals surface area (Å²) >= 11 is 8.20. The van der Waals surface area contributed by atoms with Gasteiger partial charge in [-0.3, -0.25) is 4.79 Å². The maximum absolute atomic E-state index is 12.7. The highest BCUT2D eigenvalue weighted by Crippen LogP contribution is 2.26. The fourth-order valence-corrected chi connectivity index (χ4v) is 5.95. The number of carbonyl (C=O) groups excluding carboxylic acids is 1. The molecule has 0 aliphatic heterocycles. The summed E-state index contributed by atoms with van der Waals surface area (Å²) < 4.78 is 8.12. The van der Waals surface area contributed by atoms with Crippen molar-refractivity contribution in [2.75, 3.05) is 11.9 Å². The number of rotatable bonds is 19. The summed E-state index contributed by atoms with van der Waals surface area (Å²) in [7, 11) is 0. The first-order chi connectivity index (χ1) is 19.1. The van der Waals surface area contributed by atoms with E-state index in [9.17, 15) is 4.79 Å². The Hall–Kier alpha value is -2.08. The van der Waals surface area contributed by atoms with Crippen molar-refractivity contribution in [3.63, 3.8) is 0 Å². The number of amides is 1. The number of hydrogen-bond acceptors (Lipinski definition) is 3. The molecule has 0 aliphatic rings. The number of aromatic nitrogens is 1. The zero-order valence-electron chi connectivity index (χ0n) is 24.2. The van der Waals surface area contributed by atoms with E-state index in [4.69, 9.17) is 16.3 Å². The van der Waals surface area contributed by atoms with Crippen molar-refractivity contribution in [3.8, 4) is 16.3 Å². The number of unbranched alkanes of at least 4 members (excludes halogenated alkanes) is 11. The minimum atomic E-state index is -0.0891. The van der Waals surface area contributed by atoms with Crippen LogP contribution in [0.4, 0.5) is 5.69 Å². The van der Waals surface area contributed by atoms with Gasteiger partial charge in [-0.1, -0.05) is 113 Å². The van der Waals surface area contributed by atoms with E-state index in [0.717, 1.165) is 35.5 Å². The molecular weight excluding hydrogens is 559 g/mol. The van der Waals surface area contributed by atoms with Gasteiger partial charge in [0.1, 0.15) is 12.3 Å². The van der Waals surface area contributed by atoms with E-state index in [0.29, 0.717) is 11.6 Å². The fourth-order valence-electron chi connectivity index (χ4n) is 4.79. The minimum Gasteiger partial charge on any atom is -1.00 e. The van der Waals surface area contributed by atoms with Crippen molar-refractivity contribution in [1.29, 1.82) is 0 Å². The van der Waals surface area contributed by atoms with Crippen molar-refractivity contribution >= 4 is 34.5 Å². The Morgan fingerprint density at radius 2 is 1.57 bits per heavy atom. The first kappa shape index (κ1) is 34.1. The first-order valence-corrected chi connectivity index (χ1v) is 16.1. The van der Waals surface area contributed by atoms with Crippen LogP contribution in [0, 0.1) is 0 Å². The topological polar surface area (TPSA) is 42.2 Å². The molecule has 1 N–H and O–H groups in total. The van der Waals surface area contributed by atoms with Crippen LogP contribution in [-0.4, -0.2) is 12.5 Å². The smallest absolute Gasteiger partial charge is 0.269 e. The Bertz CT molecular complexity index is 1140. The molecule has 1 amide bonds. The van der Waals surface area contributed by atoms with E-state index in [1.54, 1.807) is 11.3 Å². The van der Waals surface area contributed by atoms with Gasteiger partial charge in [0.25, 0.3) is 5.01 Å². The Kier molecular flexibility index (Phi) is 17.0. The van der Waals surface area contributed by atoms with Gasteiger partial charge in [0.15, 0.2) is 6.20 Å². The van der Waals surface area contributed by atoms with E-state index < -0.39 is 0 Å². The van der Waals surface area contributed by atoms with E-state index in [2.05, 4.69) is 41.4 Å². The second-order valence-corrected chi connectivity index (χ2v) is 11.6. The molecular formula is C33H46Cl2N2O2S. The van der Waals surface area contributed by atoms with Gasteiger partial charge in [-0.15, -0.1) is 0 Å². The lowest BCUT2D eigenvalue weighted by Gasteiger charge is -2.10. The van der Waals surface area contributed by atoms with Crippen LogP contribution in [0.3, 0.4) is 0 Å². The molecule has 0 fully saturated rings. The number of benzene rings is 2. The molecule has 2 aromatic carbocycles. The molecule has 1 heterocycles. The lowest BCUT2D eigenvalue weighted by atomic mass is 10.1. The van der Waals surface area contributed by atoms with Gasteiger partial charge in [0.2, 0.25) is 5.91 Å². The van der Waals surface area contributed by atoms with Gasteiger partial charge in [-0.05, 0) is 49.2 Å². The number of nitrogens with one attached hydrogen (secondary N) is 1. The Labute approximate surface area is 256 Å². The van der Waals surface area contributed by atoms with Crippen LogP contribution in [0.25, 0.3) is 10.6 Å². The summed E-state index contributed by atoms with van der Waals surface area (Å²) in [6.45, 7) is 6.01. The zero-order chi connectivity index (χ0) is 27.7. The summed E-state index contributed by atoms with van der Waals surface area (Å²) in [6, 6.07) is 13.6. The molecule has 0 atom stereocenters. The molecule has 1 aromatic heterocycles. The van der Waals surface area contributed by atoms with Crippen LogP contribution in [0.2, 0.25) is 5.02 Å². The van der Waals surface area contributed by atoms with Crippen LogP contribution >= 0.6 is 22.9 Å². The Balaban J connectivity index is 0.00000560. The number of ether oxygens (including phenoxy) is 1. The SMILES string of the molecule is CCCCCCCCCCCCCCOc1ccc(CC(=O)Nc2cccc(-c3scc[n+]3CC)c2)c(Cl)c1.[Cl-]. The number of anilines is 1. The van der Waals surface area contributed by atoms with Gasteiger partial charge in [0.05, 0.1) is 24.0 Å². The van der Waals surface area contributed by atoms with Crippen molar-refractivity contribution in [3.05, 3.63) is 64.6 Å². The van der Waals surface area contributed by atoms with Crippen molar-refractivity contribution in [2.45, 2.75) is 104 Å². The molecule has 3 rings (SSSR count). The van der Waals surface area contributed by atoms with Crippen LogP contribution in [-0.2, 0) is 17.8 Å². The molecule has 4 nitrogen and oxygen atoms in total. The maximum Gasteiger partial charge on any atom is 0.269 e. The number of carbonyl (C=O) groups is 1. The standard InChI is InChI=1S/C33H45ClN2O2S.ClH/c1-3-5-6-7-8-9-10-11-12-13-14-15-22-38-30-20-19-27(31(34)26-30)25-32(37)35-29-18-16-17-28(24-29)33-36(4-2)21-23-39-33;/h16-21,23-24,26H,3-15,22,25H2,1-2H3;1H. The van der Waals surface area contributed by atoms with E-state index in [1.165, 1.54) is 75.6 Å². The van der Waals surface area contributed by atoms with E-state index in [1.807, 2.05) is 36.4 Å². The Morgan fingerprint density at radius 1 is 0.900 bits per heavy atom. The molecule has 40 heavy (non-hydrogen) atoms. The zero-order valence-corrected chi connectivity index (χ0v) is 26.6. The molecule has 0 radical (unpaired) electrons. The molecule has 0 spiro atoms. The molecule has 0 saturated carbocycles. The average Bonchev–Trinajstić information content (AvgIpc) is 3.42. The summed E-state index contributed by atoms with van der Waals surface area (Å²) in [5, 5.41) is 6.84. The second-order valence-electron chi connectivity index (χ2n) is 10.3. The van der Waals surface area contributed by atoms with Gasteiger partial charge in [0, 0.05) is 10.7 Å². The lowest BCUT2D eigenvalue weighted by molar-refractivity contribution is -0.678. The number of hydrogen-bond donors (Lipinski definition) is 1.